The normalized spacial score (nSPS) is 18.7. The third kappa shape index (κ3) is 4.71. The number of carbonyl (C=O) groups is 2. The number of anilines is 1. The van der Waals surface area contributed by atoms with E-state index in [-0.39, 0.29) is 18.4 Å². The number of hydrogen-bond donors (Lipinski definition) is 1. The zero-order chi connectivity index (χ0) is 20.9. The van der Waals surface area contributed by atoms with E-state index in [0.29, 0.717) is 44.2 Å². The number of piperazine rings is 1. The fourth-order valence-corrected chi connectivity index (χ4v) is 4.17. The maximum Gasteiger partial charge on any atom is 0.267 e. The zero-order valence-corrected chi connectivity index (χ0v) is 17.7. The Morgan fingerprint density at radius 1 is 1.03 bits per heavy atom. The molecule has 0 radical (unpaired) electrons. The van der Waals surface area contributed by atoms with Crippen LogP contribution in [0.15, 0.2) is 53.4 Å². The number of nitrogens with one attached hydrogen (secondary N) is 1. The molecule has 30 heavy (non-hydrogen) atoms. The number of thioether (sulfide) groups is 1. The number of para-hydroxylation sites is 3. The van der Waals surface area contributed by atoms with Gasteiger partial charge in [-0.3, -0.25) is 14.5 Å². The number of amides is 2. The number of hydrogen-bond acceptors (Lipinski definition) is 6. The Hall–Kier alpha value is -2.71. The number of nitrogens with zero attached hydrogens (tertiary/aromatic N) is 2. The lowest BCUT2D eigenvalue weighted by Gasteiger charge is -2.36. The number of benzene rings is 2. The highest BCUT2D eigenvalue weighted by Gasteiger charge is 2.32. The van der Waals surface area contributed by atoms with Crippen LogP contribution in [0.3, 0.4) is 0 Å². The predicted octanol–water partition coefficient (Wildman–Crippen LogP) is 2.33. The van der Waals surface area contributed by atoms with Crippen LogP contribution < -0.4 is 14.8 Å². The molecular weight excluding hydrogens is 402 g/mol. The summed E-state index contributed by atoms with van der Waals surface area (Å²) in [5.74, 6) is 1.16. The van der Waals surface area contributed by atoms with Gasteiger partial charge in [-0.1, -0.05) is 24.3 Å². The van der Waals surface area contributed by atoms with Crippen LogP contribution in [-0.2, 0) is 9.59 Å². The van der Waals surface area contributed by atoms with E-state index in [9.17, 15) is 9.59 Å². The first-order chi connectivity index (χ1) is 14.6. The molecule has 1 N–H and O–H groups in total. The van der Waals surface area contributed by atoms with Crippen molar-refractivity contribution in [2.75, 3.05) is 50.9 Å². The second-order valence-corrected chi connectivity index (χ2v) is 8.06. The van der Waals surface area contributed by atoms with Crippen molar-refractivity contribution in [3.63, 3.8) is 0 Å². The molecule has 4 rings (SSSR count). The minimum absolute atomic E-state index is 0.0445. The molecule has 7 nitrogen and oxygen atoms in total. The van der Waals surface area contributed by atoms with Gasteiger partial charge in [0.25, 0.3) is 5.91 Å². The highest BCUT2D eigenvalue weighted by atomic mass is 32.2. The van der Waals surface area contributed by atoms with E-state index in [2.05, 4.69) is 10.2 Å². The molecule has 158 valence electrons. The smallest absolute Gasteiger partial charge is 0.267 e. The van der Waals surface area contributed by atoms with Crippen molar-refractivity contribution >= 4 is 29.3 Å². The summed E-state index contributed by atoms with van der Waals surface area (Å²) in [4.78, 5) is 30.2. The number of ether oxygens (including phenoxy) is 2. The van der Waals surface area contributed by atoms with E-state index in [4.69, 9.17) is 9.47 Å². The lowest BCUT2D eigenvalue weighted by molar-refractivity contribution is -0.143. The largest absolute Gasteiger partial charge is 0.485 e. The topological polar surface area (TPSA) is 71.1 Å². The van der Waals surface area contributed by atoms with E-state index in [1.54, 1.807) is 22.7 Å². The average Bonchev–Trinajstić information content (AvgIpc) is 2.79. The summed E-state index contributed by atoms with van der Waals surface area (Å²) in [7, 11) is 0. The fourth-order valence-electron chi connectivity index (χ4n) is 3.61. The molecular formula is C22H25N3O4S. The molecule has 2 heterocycles. The molecule has 0 aliphatic carbocycles. The van der Waals surface area contributed by atoms with Crippen LogP contribution in [0.2, 0.25) is 0 Å². The van der Waals surface area contributed by atoms with Gasteiger partial charge in [-0.15, -0.1) is 11.8 Å². The van der Waals surface area contributed by atoms with Gasteiger partial charge in [0.05, 0.1) is 12.2 Å². The SMILES string of the molecule is CSc1ccccc1NC(=O)CN1CCN(C(=O)[C@H]2COc3ccccc3O2)CC1. The number of carbonyl (C=O) groups excluding carboxylic acids is 2. The van der Waals surface area contributed by atoms with Gasteiger partial charge in [0.1, 0.15) is 6.61 Å². The van der Waals surface area contributed by atoms with Gasteiger partial charge in [0.2, 0.25) is 12.0 Å². The van der Waals surface area contributed by atoms with Gasteiger partial charge in [0, 0.05) is 31.1 Å². The lowest BCUT2D eigenvalue weighted by Crippen LogP contribution is -2.54. The molecule has 0 unspecified atom stereocenters. The Bertz CT molecular complexity index is 915. The van der Waals surface area contributed by atoms with E-state index in [0.717, 1.165) is 10.6 Å². The van der Waals surface area contributed by atoms with Crippen LogP contribution in [0.25, 0.3) is 0 Å². The second kappa shape index (κ2) is 9.40. The van der Waals surface area contributed by atoms with Gasteiger partial charge < -0.3 is 19.7 Å². The van der Waals surface area contributed by atoms with Gasteiger partial charge >= 0.3 is 0 Å². The van der Waals surface area contributed by atoms with Gasteiger partial charge in [-0.25, -0.2) is 0 Å². The van der Waals surface area contributed by atoms with Crippen molar-refractivity contribution in [3.05, 3.63) is 48.5 Å². The van der Waals surface area contributed by atoms with Crippen molar-refractivity contribution in [3.8, 4) is 11.5 Å². The van der Waals surface area contributed by atoms with Crippen molar-refractivity contribution in [2.24, 2.45) is 0 Å². The van der Waals surface area contributed by atoms with Crippen LogP contribution in [0.5, 0.6) is 11.5 Å². The zero-order valence-electron chi connectivity index (χ0n) is 16.9. The standard InChI is InChI=1S/C22H25N3O4S/c1-30-20-9-5-2-6-16(20)23-21(26)14-24-10-12-25(13-11-24)22(27)19-15-28-17-7-3-4-8-18(17)29-19/h2-9,19H,10-15H2,1H3,(H,23,26)/t19-/m1/s1. The summed E-state index contributed by atoms with van der Waals surface area (Å²) in [6.45, 7) is 2.94. The molecule has 2 aromatic carbocycles. The predicted molar refractivity (Wildman–Crippen MR) is 116 cm³/mol. The summed E-state index contributed by atoms with van der Waals surface area (Å²) in [6.07, 6.45) is 1.36. The summed E-state index contributed by atoms with van der Waals surface area (Å²) in [5.41, 5.74) is 0.832. The van der Waals surface area contributed by atoms with Crippen molar-refractivity contribution in [2.45, 2.75) is 11.0 Å². The number of rotatable bonds is 5. The van der Waals surface area contributed by atoms with Gasteiger partial charge in [-0.2, -0.15) is 0 Å². The number of fused-ring (bicyclic) bond motifs is 1. The quantitative estimate of drug-likeness (QED) is 0.739. The van der Waals surface area contributed by atoms with E-state index >= 15 is 0 Å². The van der Waals surface area contributed by atoms with Crippen molar-refractivity contribution < 1.29 is 19.1 Å². The fraction of sp³-hybridized carbons (Fsp3) is 0.364. The van der Waals surface area contributed by atoms with Crippen LogP contribution in [-0.4, -0.2) is 73.3 Å². The third-order valence-electron chi connectivity index (χ3n) is 5.22. The van der Waals surface area contributed by atoms with Gasteiger partial charge in [-0.05, 0) is 30.5 Å². The van der Waals surface area contributed by atoms with Crippen LogP contribution in [0.1, 0.15) is 0 Å². The monoisotopic (exact) mass is 427 g/mol. The Labute approximate surface area is 180 Å². The van der Waals surface area contributed by atoms with E-state index < -0.39 is 6.10 Å². The lowest BCUT2D eigenvalue weighted by atomic mass is 10.2. The molecule has 1 saturated heterocycles. The molecule has 0 saturated carbocycles. The Morgan fingerprint density at radius 2 is 1.73 bits per heavy atom. The molecule has 2 aliphatic heterocycles. The van der Waals surface area contributed by atoms with Gasteiger partial charge in [0.15, 0.2) is 11.5 Å². The molecule has 0 aromatic heterocycles. The van der Waals surface area contributed by atoms with Crippen LogP contribution in [0, 0.1) is 0 Å². The molecule has 0 spiro atoms. The summed E-state index contributed by atoms with van der Waals surface area (Å²) in [5, 5.41) is 2.99. The minimum Gasteiger partial charge on any atom is -0.485 e. The van der Waals surface area contributed by atoms with E-state index in [1.807, 2.05) is 48.7 Å². The molecule has 2 amide bonds. The molecule has 2 aliphatic rings. The maximum absolute atomic E-state index is 12.8. The Kier molecular flexibility index (Phi) is 6.44. The van der Waals surface area contributed by atoms with Crippen LogP contribution >= 0.6 is 11.8 Å². The summed E-state index contributed by atoms with van der Waals surface area (Å²) >= 11 is 1.60. The van der Waals surface area contributed by atoms with Crippen molar-refractivity contribution in [1.29, 1.82) is 0 Å². The third-order valence-corrected chi connectivity index (χ3v) is 6.01. The Balaban J connectivity index is 1.26. The molecule has 2 aromatic rings. The molecule has 0 bridgehead atoms. The minimum atomic E-state index is -0.627. The van der Waals surface area contributed by atoms with Crippen molar-refractivity contribution in [1.82, 2.24) is 9.80 Å². The highest BCUT2D eigenvalue weighted by molar-refractivity contribution is 7.98. The molecule has 1 fully saturated rings. The van der Waals surface area contributed by atoms with Crippen LogP contribution in [0.4, 0.5) is 5.69 Å². The average molecular weight is 428 g/mol. The first kappa shape index (κ1) is 20.6. The summed E-state index contributed by atoms with van der Waals surface area (Å²) in [6, 6.07) is 15.1. The van der Waals surface area contributed by atoms with E-state index in [1.165, 1.54) is 0 Å². The molecule has 8 heteroatoms. The second-order valence-electron chi connectivity index (χ2n) is 7.21. The summed E-state index contributed by atoms with van der Waals surface area (Å²) < 4.78 is 11.5. The molecule has 1 atom stereocenters. The first-order valence-electron chi connectivity index (χ1n) is 9.96. The first-order valence-corrected chi connectivity index (χ1v) is 11.2. The maximum atomic E-state index is 12.8. The Morgan fingerprint density at radius 3 is 2.50 bits per heavy atom. The highest BCUT2D eigenvalue weighted by Crippen LogP contribution is 2.31.